The maximum Gasteiger partial charge on any atom is 0.344 e. The standard InChI is InChI=1S/C13H16O3/c1-9(13(14)15)16-12-8-4-6-10-5-2-3-7-11(10)12/h4,6,8-9H,2-3,5,7H2,1H3,(H,14,15)/t9-/m0/s1. The lowest BCUT2D eigenvalue weighted by Crippen LogP contribution is -2.23. The van der Waals surface area contributed by atoms with E-state index in [2.05, 4.69) is 6.07 Å². The number of aliphatic carboxylic acids is 1. The molecule has 1 N–H and O–H groups in total. The predicted molar refractivity (Wildman–Crippen MR) is 60.8 cm³/mol. The lowest BCUT2D eigenvalue weighted by atomic mass is 9.91. The van der Waals surface area contributed by atoms with Crippen molar-refractivity contribution in [2.24, 2.45) is 0 Å². The van der Waals surface area contributed by atoms with E-state index in [0.29, 0.717) is 0 Å². The van der Waals surface area contributed by atoms with Crippen LogP contribution in [-0.2, 0) is 17.6 Å². The molecule has 0 amide bonds. The zero-order valence-corrected chi connectivity index (χ0v) is 9.40. The Hall–Kier alpha value is -1.51. The SMILES string of the molecule is C[C@H](Oc1cccc2c1CCCC2)C(=O)O. The van der Waals surface area contributed by atoms with Crippen LogP contribution in [0.4, 0.5) is 0 Å². The minimum atomic E-state index is -0.923. The van der Waals surface area contributed by atoms with Gasteiger partial charge in [0.1, 0.15) is 5.75 Å². The van der Waals surface area contributed by atoms with Gasteiger partial charge in [-0.25, -0.2) is 4.79 Å². The molecule has 3 heteroatoms. The Morgan fingerprint density at radius 3 is 2.88 bits per heavy atom. The number of aryl methyl sites for hydroxylation is 1. The molecule has 86 valence electrons. The first-order chi connectivity index (χ1) is 7.68. The fourth-order valence-electron chi connectivity index (χ4n) is 2.10. The van der Waals surface area contributed by atoms with Crippen molar-refractivity contribution >= 4 is 5.97 Å². The molecule has 0 radical (unpaired) electrons. The van der Waals surface area contributed by atoms with E-state index < -0.39 is 12.1 Å². The average molecular weight is 220 g/mol. The second kappa shape index (κ2) is 4.56. The van der Waals surface area contributed by atoms with Crippen molar-refractivity contribution in [1.29, 1.82) is 0 Å². The molecular weight excluding hydrogens is 204 g/mol. The van der Waals surface area contributed by atoms with Crippen LogP contribution in [0.25, 0.3) is 0 Å². The molecule has 0 aromatic heterocycles. The lowest BCUT2D eigenvalue weighted by Gasteiger charge is -2.20. The molecule has 1 aromatic rings. The summed E-state index contributed by atoms with van der Waals surface area (Å²) in [5.74, 6) is -0.180. The molecule has 0 fully saturated rings. The molecule has 2 rings (SSSR count). The van der Waals surface area contributed by atoms with Crippen molar-refractivity contribution in [3.8, 4) is 5.75 Å². The van der Waals surface area contributed by atoms with E-state index in [1.165, 1.54) is 17.5 Å². The summed E-state index contributed by atoms with van der Waals surface area (Å²) in [5.41, 5.74) is 2.50. The van der Waals surface area contributed by atoms with Crippen molar-refractivity contribution in [2.75, 3.05) is 0 Å². The highest BCUT2D eigenvalue weighted by Gasteiger charge is 2.18. The molecule has 16 heavy (non-hydrogen) atoms. The summed E-state index contributed by atoms with van der Waals surface area (Å²) in [7, 11) is 0. The first-order valence-corrected chi connectivity index (χ1v) is 5.68. The van der Waals surface area contributed by atoms with E-state index in [9.17, 15) is 4.79 Å². The second-order valence-corrected chi connectivity index (χ2v) is 4.20. The first kappa shape index (κ1) is 11.0. The van der Waals surface area contributed by atoms with Gasteiger partial charge < -0.3 is 9.84 Å². The normalized spacial score (nSPS) is 16.3. The smallest absolute Gasteiger partial charge is 0.344 e. The number of carbonyl (C=O) groups is 1. The van der Waals surface area contributed by atoms with Gasteiger partial charge in [-0.3, -0.25) is 0 Å². The van der Waals surface area contributed by atoms with Crippen molar-refractivity contribution in [3.05, 3.63) is 29.3 Å². The third-order valence-corrected chi connectivity index (χ3v) is 3.00. The van der Waals surface area contributed by atoms with Crippen LogP contribution in [0.1, 0.15) is 30.9 Å². The van der Waals surface area contributed by atoms with Gasteiger partial charge in [0.25, 0.3) is 0 Å². The molecule has 0 saturated carbocycles. The highest BCUT2D eigenvalue weighted by atomic mass is 16.5. The van der Waals surface area contributed by atoms with Gasteiger partial charge >= 0.3 is 5.97 Å². The number of rotatable bonds is 3. The molecule has 0 unspecified atom stereocenters. The van der Waals surface area contributed by atoms with E-state index >= 15 is 0 Å². The Kier molecular flexibility index (Phi) is 3.13. The third kappa shape index (κ3) is 2.18. The average Bonchev–Trinajstić information content (AvgIpc) is 2.29. The van der Waals surface area contributed by atoms with Crippen LogP contribution in [0.5, 0.6) is 5.75 Å². The Bertz CT molecular complexity index is 398. The summed E-state index contributed by atoms with van der Waals surface area (Å²) in [5, 5.41) is 8.82. The van der Waals surface area contributed by atoms with Gasteiger partial charge in [0, 0.05) is 0 Å². The van der Waals surface area contributed by atoms with E-state index in [4.69, 9.17) is 9.84 Å². The van der Waals surface area contributed by atoms with Gasteiger partial charge in [-0.2, -0.15) is 0 Å². The molecule has 0 spiro atoms. The monoisotopic (exact) mass is 220 g/mol. The number of benzene rings is 1. The van der Waals surface area contributed by atoms with Crippen LogP contribution >= 0.6 is 0 Å². The molecule has 1 aromatic carbocycles. The van der Waals surface area contributed by atoms with Gasteiger partial charge in [-0.05, 0) is 49.8 Å². The largest absolute Gasteiger partial charge is 0.479 e. The number of carboxylic acids is 1. The minimum Gasteiger partial charge on any atom is -0.479 e. The van der Waals surface area contributed by atoms with Gasteiger partial charge in [0.15, 0.2) is 6.10 Å². The second-order valence-electron chi connectivity index (χ2n) is 4.20. The number of hydrogen-bond donors (Lipinski definition) is 1. The zero-order chi connectivity index (χ0) is 11.5. The molecule has 0 heterocycles. The van der Waals surface area contributed by atoms with Crippen LogP contribution < -0.4 is 4.74 Å². The Balaban J connectivity index is 2.24. The van der Waals surface area contributed by atoms with E-state index in [0.717, 1.165) is 25.0 Å². The molecule has 1 aliphatic carbocycles. The molecule has 0 bridgehead atoms. The summed E-state index contributed by atoms with van der Waals surface area (Å²) in [4.78, 5) is 10.7. The van der Waals surface area contributed by atoms with Crippen LogP contribution in [0, 0.1) is 0 Å². The van der Waals surface area contributed by atoms with Crippen LogP contribution in [0.2, 0.25) is 0 Å². The number of carboxylic acid groups (broad SMARTS) is 1. The van der Waals surface area contributed by atoms with Crippen molar-refractivity contribution in [1.82, 2.24) is 0 Å². The van der Waals surface area contributed by atoms with Gasteiger partial charge in [0.2, 0.25) is 0 Å². The topological polar surface area (TPSA) is 46.5 Å². The van der Waals surface area contributed by atoms with Crippen molar-refractivity contribution in [2.45, 2.75) is 38.7 Å². The summed E-state index contributed by atoms with van der Waals surface area (Å²) in [6.45, 7) is 1.56. The van der Waals surface area contributed by atoms with E-state index in [1.54, 1.807) is 6.92 Å². The first-order valence-electron chi connectivity index (χ1n) is 5.68. The molecule has 0 aliphatic heterocycles. The van der Waals surface area contributed by atoms with Crippen LogP contribution in [0.15, 0.2) is 18.2 Å². The Morgan fingerprint density at radius 2 is 2.12 bits per heavy atom. The third-order valence-electron chi connectivity index (χ3n) is 3.00. The number of fused-ring (bicyclic) bond motifs is 1. The highest BCUT2D eigenvalue weighted by molar-refractivity contribution is 5.72. The summed E-state index contributed by atoms with van der Waals surface area (Å²) < 4.78 is 5.47. The summed E-state index contributed by atoms with van der Waals surface area (Å²) >= 11 is 0. The lowest BCUT2D eigenvalue weighted by molar-refractivity contribution is -0.144. The van der Waals surface area contributed by atoms with E-state index in [1.807, 2.05) is 12.1 Å². The fourth-order valence-corrected chi connectivity index (χ4v) is 2.10. The predicted octanol–water partition coefficient (Wildman–Crippen LogP) is 2.42. The van der Waals surface area contributed by atoms with Crippen molar-refractivity contribution in [3.63, 3.8) is 0 Å². The highest BCUT2D eigenvalue weighted by Crippen LogP contribution is 2.30. The van der Waals surface area contributed by atoms with Crippen LogP contribution in [-0.4, -0.2) is 17.2 Å². The molecule has 1 atom stereocenters. The number of ether oxygens (including phenoxy) is 1. The summed E-state index contributed by atoms with van der Waals surface area (Å²) in [6, 6.07) is 5.91. The maximum atomic E-state index is 10.7. The molecule has 1 aliphatic rings. The molecule has 3 nitrogen and oxygen atoms in total. The number of hydrogen-bond acceptors (Lipinski definition) is 2. The fraction of sp³-hybridized carbons (Fsp3) is 0.462. The Labute approximate surface area is 95.0 Å². The van der Waals surface area contributed by atoms with E-state index in [-0.39, 0.29) is 0 Å². The molecular formula is C13H16O3. The van der Waals surface area contributed by atoms with Gasteiger partial charge in [0.05, 0.1) is 0 Å². The minimum absolute atomic E-state index is 0.743. The quantitative estimate of drug-likeness (QED) is 0.850. The maximum absolute atomic E-state index is 10.7. The Morgan fingerprint density at radius 1 is 1.38 bits per heavy atom. The zero-order valence-electron chi connectivity index (χ0n) is 9.40. The van der Waals surface area contributed by atoms with Crippen LogP contribution in [0.3, 0.4) is 0 Å². The van der Waals surface area contributed by atoms with Gasteiger partial charge in [-0.15, -0.1) is 0 Å². The van der Waals surface area contributed by atoms with Gasteiger partial charge in [-0.1, -0.05) is 12.1 Å². The molecule has 0 saturated heterocycles. The summed E-state index contributed by atoms with van der Waals surface area (Å²) in [6.07, 6.45) is 3.67. The van der Waals surface area contributed by atoms with Crippen molar-refractivity contribution < 1.29 is 14.6 Å².